The molecule has 3 aliphatic heterocycles. The summed E-state index contributed by atoms with van der Waals surface area (Å²) in [6.07, 6.45) is 6.62. The summed E-state index contributed by atoms with van der Waals surface area (Å²) in [7, 11) is 0. The SMILES string of the molecule is O=C(C1CCNN1)N1CCOC2(CCCN(c3cccnc3)C2)C1. The third-order valence-electron chi connectivity index (χ3n) is 5.24. The lowest BCUT2D eigenvalue weighted by Gasteiger charge is -2.48. The fourth-order valence-electron chi connectivity index (χ4n) is 4.03. The maximum atomic E-state index is 12.7. The number of amides is 1. The van der Waals surface area contributed by atoms with Gasteiger partial charge in [0.25, 0.3) is 0 Å². The number of pyridine rings is 1. The molecule has 1 spiro atoms. The van der Waals surface area contributed by atoms with Crippen molar-refractivity contribution in [2.45, 2.75) is 30.9 Å². The van der Waals surface area contributed by atoms with Crippen molar-refractivity contribution in [3.8, 4) is 0 Å². The van der Waals surface area contributed by atoms with Crippen molar-refractivity contribution in [3.05, 3.63) is 24.5 Å². The lowest BCUT2D eigenvalue weighted by Crippen LogP contribution is -2.62. The number of aromatic nitrogens is 1. The van der Waals surface area contributed by atoms with Gasteiger partial charge in [-0.2, -0.15) is 0 Å². The molecule has 2 unspecified atom stereocenters. The van der Waals surface area contributed by atoms with Crippen LogP contribution in [0.25, 0.3) is 0 Å². The predicted molar refractivity (Wildman–Crippen MR) is 90.5 cm³/mol. The second kappa shape index (κ2) is 6.66. The Morgan fingerprint density at radius 2 is 2.33 bits per heavy atom. The fourth-order valence-corrected chi connectivity index (χ4v) is 4.03. The third-order valence-corrected chi connectivity index (χ3v) is 5.24. The highest BCUT2D eigenvalue weighted by Gasteiger charge is 2.43. The van der Waals surface area contributed by atoms with E-state index in [1.807, 2.05) is 17.2 Å². The van der Waals surface area contributed by atoms with Crippen LogP contribution in [0.15, 0.2) is 24.5 Å². The van der Waals surface area contributed by atoms with Crippen molar-refractivity contribution in [1.82, 2.24) is 20.7 Å². The van der Waals surface area contributed by atoms with Gasteiger partial charge in [-0.15, -0.1) is 0 Å². The number of carbonyl (C=O) groups excluding carboxylic acids is 1. The summed E-state index contributed by atoms with van der Waals surface area (Å²) in [4.78, 5) is 21.3. The maximum Gasteiger partial charge on any atom is 0.241 e. The van der Waals surface area contributed by atoms with Gasteiger partial charge in [0.05, 0.1) is 25.0 Å². The molecule has 4 rings (SSSR count). The second-order valence-electron chi connectivity index (χ2n) is 6.94. The Bertz CT molecular complexity index is 574. The molecule has 0 aromatic carbocycles. The molecule has 0 radical (unpaired) electrons. The topological polar surface area (TPSA) is 69.7 Å². The number of nitrogens with zero attached hydrogens (tertiary/aromatic N) is 3. The molecule has 130 valence electrons. The first kappa shape index (κ1) is 15.8. The number of rotatable bonds is 2. The second-order valence-corrected chi connectivity index (χ2v) is 6.94. The minimum atomic E-state index is -0.256. The van der Waals surface area contributed by atoms with Crippen LogP contribution in [0.5, 0.6) is 0 Å². The summed E-state index contributed by atoms with van der Waals surface area (Å²) < 4.78 is 6.21. The molecular formula is C17H25N5O2. The maximum absolute atomic E-state index is 12.7. The van der Waals surface area contributed by atoms with Crippen molar-refractivity contribution in [2.24, 2.45) is 0 Å². The zero-order valence-corrected chi connectivity index (χ0v) is 13.9. The van der Waals surface area contributed by atoms with Gasteiger partial charge in [0.15, 0.2) is 0 Å². The van der Waals surface area contributed by atoms with Crippen LogP contribution in [-0.4, -0.2) is 66.8 Å². The van der Waals surface area contributed by atoms with E-state index in [1.54, 1.807) is 6.20 Å². The van der Waals surface area contributed by atoms with E-state index in [0.29, 0.717) is 19.7 Å². The number of anilines is 1. The summed E-state index contributed by atoms with van der Waals surface area (Å²) in [6.45, 7) is 4.66. The number of hydrogen-bond donors (Lipinski definition) is 2. The van der Waals surface area contributed by atoms with Crippen LogP contribution in [0, 0.1) is 0 Å². The fraction of sp³-hybridized carbons (Fsp3) is 0.647. The monoisotopic (exact) mass is 331 g/mol. The van der Waals surface area contributed by atoms with Gasteiger partial charge in [0.2, 0.25) is 5.91 Å². The molecule has 2 atom stereocenters. The van der Waals surface area contributed by atoms with Crippen molar-refractivity contribution < 1.29 is 9.53 Å². The first-order valence-electron chi connectivity index (χ1n) is 8.82. The molecule has 7 nitrogen and oxygen atoms in total. The van der Waals surface area contributed by atoms with E-state index in [9.17, 15) is 4.79 Å². The smallest absolute Gasteiger partial charge is 0.241 e. The number of hydrazine groups is 1. The molecule has 3 saturated heterocycles. The quantitative estimate of drug-likeness (QED) is 0.804. The molecule has 7 heteroatoms. The summed E-state index contributed by atoms with van der Waals surface area (Å²) in [5.41, 5.74) is 7.00. The number of carbonyl (C=O) groups is 1. The molecule has 3 aliphatic rings. The van der Waals surface area contributed by atoms with Crippen LogP contribution >= 0.6 is 0 Å². The zero-order chi connectivity index (χ0) is 16.4. The van der Waals surface area contributed by atoms with Gasteiger partial charge in [-0.1, -0.05) is 0 Å². The molecule has 24 heavy (non-hydrogen) atoms. The molecule has 0 saturated carbocycles. The molecule has 1 aromatic heterocycles. The number of morpholine rings is 1. The van der Waals surface area contributed by atoms with E-state index >= 15 is 0 Å². The molecule has 0 aliphatic carbocycles. The minimum Gasteiger partial charge on any atom is -0.369 e. The summed E-state index contributed by atoms with van der Waals surface area (Å²) in [5, 5.41) is 0. The summed E-state index contributed by atoms with van der Waals surface area (Å²) >= 11 is 0. The lowest BCUT2D eigenvalue weighted by molar-refractivity contribution is -0.153. The molecule has 1 amide bonds. The molecule has 0 bridgehead atoms. The average Bonchev–Trinajstić information content (AvgIpc) is 3.17. The van der Waals surface area contributed by atoms with E-state index in [2.05, 4.69) is 26.8 Å². The van der Waals surface area contributed by atoms with Crippen molar-refractivity contribution in [2.75, 3.05) is 44.2 Å². The van der Waals surface area contributed by atoms with Gasteiger partial charge < -0.3 is 14.5 Å². The highest BCUT2D eigenvalue weighted by molar-refractivity contribution is 5.82. The van der Waals surface area contributed by atoms with Crippen molar-refractivity contribution >= 4 is 11.6 Å². The van der Waals surface area contributed by atoms with Gasteiger partial charge in [-0.05, 0) is 31.4 Å². The summed E-state index contributed by atoms with van der Waals surface area (Å²) in [5.74, 6) is 0.196. The molecule has 3 fully saturated rings. The number of hydrogen-bond acceptors (Lipinski definition) is 6. The zero-order valence-electron chi connectivity index (χ0n) is 13.9. The molecular weight excluding hydrogens is 306 g/mol. The van der Waals surface area contributed by atoms with Crippen molar-refractivity contribution in [1.29, 1.82) is 0 Å². The standard InChI is InChI=1S/C17H25N5O2/c23-16(15-4-7-19-20-15)22-9-10-24-17(13-22)5-2-8-21(12-17)14-3-1-6-18-11-14/h1,3,6,11,15,19-20H,2,4-5,7-10,12-13H2. The van der Waals surface area contributed by atoms with Crippen LogP contribution in [0.4, 0.5) is 5.69 Å². The predicted octanol–water partition coefficient (Wildman–Crippen LogP) is 0.146. The highest BCUT2D eigenvalue weighted by Crippen LogP contribution is 2.31. The molecule has 4 heterocycles. The van der Waals surface area contributed by atoms with E-state index < -0.39 is 0 Å². The Morgan fingerprint density at radius 3 is 3.12 bits per heavy atom. The Balaban J connectivity index is 1.46. The largest absolute Gasteiger partial charge is 0.369 e. The number of nitrogens with one attached hydrogen (secondary N) is 2. The molecule has 2 N–H and O–H groups in total. The number of piperidine rings is 1. The van der Waals surface area contributed by atoms with Crippen LogP contribution in [0.1, 0.15) is 19.3 Å². The van der Waals surface area contributed by atoms with Crippen LogP contribution < -0.4 is 15.8 Å². The van der Waals surface area contributed by atoms with E-state index in [1.165, 1.54) is 0 Å². The first-order valence-corrected chi connectivity index (χ1v) is 8.82. The Kier molecular flexibility index (Phi) is 4.39. The Labute approximate surface area is 142 Å². The van der Waals surface area contributed by atoms with Gasteiger partial charge >= 0.3 is 0 Å². The van der Waals surface area contributed by atoms with E-state index in [0.717, 1.165) is 44.6 Å². The minimum absolute atomic E-state index is 0.0989. The average molecular weight is 331 g/mol. The first-order chi connectivity index (χ1) is 11.8. The van der Waals surface area contributed by atoms with Gasteiger partial charge in [0, 0.05) is 32.4 Å². The van der Waals surface area contributed by atoms with Crippen molar-refractivity contribution in [3.63, 3.8) is 0 Å². The van der Waals surface area contributed by atoms with Crippen LogP contribution in [0.3, 0.4) is 0 Å². The van der Waals surface area contributed by atoms with Gasteiger partial charge in [-0.3, -0.25) is 15.2 Å². The van der Waals surface area contributed by atoms with E-state index in [-0.39, 0.29) is 17.6 Å². The third kappa shape index (κ3) is 3.11. The Morgan fingerprint density at radius 1 is 1.38 bits per heavy atom. The summed E-state index contributed by atoms with van der Waals surface area (Å²) in [6, 6.07) is 3.96. The van der Waals surface area contributed by atoms with E-state index in [4.69, 9.17) is 4.74 Å². The van der Waals surface area contributed by atoms with Gasteiger partial charge in [-0.25, -0.2) is 5.43 Å². The number of ether oxygens (including phenoxy) is 1. The lowest BCUT2D eigenvalue weighted by atomic mass is 9.90. The van der Waals surface area contributed by atoms with Gasteiger partial charge in [0.1, 0.15) is 11.6 Å². The Hall–Kier alpha value is -1.70. The normalized spacial score (nSPS) is 30.8. The van der Waals surface area contributed by atoms with Crippen LogP contribution in [-0.2, 0) is 9.53 Å². The molecule has 1 aromatic rings. The van der Waals surface area contributed by atoms with Crippen LogP contribution in [0.2, 0.25) is 0 Å². The highest BCUT2D eigenvalue weighted by atomic mass is 16.5.